The first kappa shape index (κ1) is 29.1. The second-order valence-corrected chi connectivity index (χ2v) is 14.9. The Balaban J connectivity index is 1.95. The fourth-order valence-corrected chi connectivity index (χ4v) is 6.07. The maximum absolute atomic E-state index is 13.1. The molecule has 0 atom stereocenters. The van der Waals surface area contributed by atoms with E-state index in [1.165, 1.54) is 0 Å². The number of piperidine rings is 2. The van der Waals surface area contributed by atoms with Gasteiger partial charge in [0.05, 0.1) is 10.8 Å². The SMILES string of the molecule is CC1(C)CC(OC(=O)C(C)(C)CCC(C)(C)C(=O)OC2CC(C)(C)NC(C)(C)C2)CC(C)(C)N1. The summed E-state index contributed by atoms with van der Waals surface area (Å²) < 4.78 is 12.0. The molecule has 2 saturated heterocycles. The number of ether oxygens (including phenoxy) is 2. The van der Waals surface area contributed by atoms with E-state index in [1.807, 2.05) is 27.7 Å². The van der Waals surface area contributed by atoms with Crippen LogP contribution in [0.2, 0.25) is 0 Å². The fourth-order valence-electron chi connectivity index (χ4n) is 6.07. The quantitative estimate of drug-likeness (QED) is 0.467. The van der Waals surface area contributed by atoms with Crippen molar-refractivity contribution in [3.63, 3.8) is 0 Å². The predicted molar refractivity (Wildman–Crippen MR) is 138 cm³/mol. The van der Waals surface area contributed by atoms with E-state index in [2.05, 4.69) is 66.0 Å². The predicted octanol–water partition coefficient (Wildman–Crippen LogP) is 5.52. The number of nitrogens with one attached hydrogen (secondary N) is 2. The van der Waals surface area contributed by atoms with Crippen molar-refractivity contribution in [1.29, 1.82) is 0 Å². The highest BCUT2D eigenvalue weighted by Crippen LogP contribution is 2.37. The van der Waals surface area contributed by atoms with E-state index < -0.39 is 10.8 Å². The third-order valence-corrected chi connectivity index (χ3v) is 7.33. The molecule has 6 heteroatoms. The van der Waals surface area contributed by atoms with Crippen molar-refractivity contribution in [3.8, 4) is 0 Å². The summed E-state index contributed by atoms with van der Waals surface area (Å²) in [5.74, 6) is -0.367. The van der Waals surface area contributed by atoms with Crippen LogP contribution in [0.15, 0.2) is 0 Å². The second kappa shape index (κ2) is 9.38. The fraction of sp³-hybridized carbons (Fsp3) is 0.929. The molecule has 2 aliphatic heterocycles. The van der Waals surface area contributed by atoms with Gasteiger partial charge in [0.1, 0.15) is 12.2 Å². The van der Waals surface area contributed by atoms with Crippen molar-refractivity contribution in [2.75, 3.05) is 0 Å². The molecule has 0 aromatic rings. The zero-order valence-electron chi connectivity index (χ0n) is 24.0. The van der Waals surface area contributed by atoms with Gasteiger partial charge in [-0.1, -0.05) is 0 Å². The molecule has 0 aliphatic carbocycles. The highest BCUT2D eigenvalue weighted by atomic mass is 16.5. The van der Waals surface area contributed by atoms with Crippen LogP contribution < -0.4 is 10.6 Å². The summed E-state index contributed by atoms with van der Waals surface area (Å²) in [6, 6.07) is 0. The van der Waals surface area contributed by atoms with Crippen LogP contribution in [0.5, 0.6) is 0 Å². The summed E-state index contributed by atoms with van der Waals surface area (Å²) in [5.41, 5.74) is -1.67. The standard InChI is InChI=1S/C28H52N2O4/c1-23(2,21(31)33-19-15-25(5,6)29-26(7,8)16-19)13-14-24(3,4)22(32)34-20-17-27(9,10)30-28(11,12)18-20/h19-20,29-30H,13-18H2,1-12H3. The zero-order chi connectivity index (χ0) is 26.4. The van der Waals surface area contributed by atoms with Gasteiger partial charge in [-0.15, -0.1) is 0 Å². The van der Waals surface area contributed by atoms with Gasteiger partial charge in [-0.25, -0.2) is 0 Å². The van der Waals surface area contributed by atoms with Crippen LogP contribution in [-0.2, 0) is 19.1 Å². The van der Waals surface area contributed by atoms with Crippen molar-refractivity contribution >= 4 is 11.9 Å². The number of carbonyl (C=O) groups is 2. The Morgan fingerprint density at radius 1 is 0.618 bits per heavy atom. The number of carbonyl (C=O) groups excluding carboxylic acids is 2. The number of esters is 2. The average Bonchev–Trinajstić information content (AvgIpc) is 2.54. The minimum atomic E-state index is -0.671. The molecule has 34 heavy (non-hydrogen) atoms. The maximum Gasteiger partial charge on any atom is 0.311 e. The van der Waals surface area contributed by atoms with E-state index in [0.29, 0.717) is 12.8 Å². The first-order valence-electron chi connectivity index (χ1n) is 13.0. The average molecular weight is 481 g/mol. The van der Waals surface area contributed by atoms with E-state index in [4.69, 9.17) is 9.47 Å². The molecule has 0 saturated carbocycles. The lowest BCUT2D eigenvalue weighted by atomic mass is 9.78. The van der Waals surface area contributed by atoms with Gasteiger partial charge in [0.2, 0.25) is 0 Å². The van der Waals surface area contributed by atoms with Gasteiger partial charge in [-0.05, 0) is 95.9 Å². The Hall–Kier alpha value is -1.14. The van der Waals surface area contributed by atoms with Crippen molar-refractivity contribution in [2.45, 2.75) is 156 Å². The molecular formula is C28H52N2O4. The van der Waals surface area contributed by atoms with Gasteiger partial charge in [0.15, 0.2) is 0 Å². The number of rotatable bonds is 7. The first-order chi connectivity index (χ1) is 15.0. The van der Waals surface area contributed by atoms with Crippen molar-refractivity contribution < 1.29 is 19.1 Å². The van der Waals surface area contributed by atoms with Gasteiger partial charge in [-0.2, -0.15) is 0 Å². The highest BCUT2D eigenvalue weighted by Gasteiger charge is 2.44. The zero-order valence-corrected chi connectivity index (χ0v) is 24.0. The molecule has 0 unspecified atom stereocenters. The molecule has 6 nitrogen and oxygen atoms in total. The summed E-state index contributed by atoms with van der Waals surface area (Å²) in [6.07, 6.45) is 4.07. The Labute approximate surface area is 208 Å². The van der Waals surface area contributed by atoms with E-state index >= 15 is 0 Å². The molecule has 0 amide bonds. The highest BCUT2D eigenvalue weighted by molar-refractivity contribution is 5.77. The Morgan fingerprint density at radius 2 is 0.853 bits per heavy atom. The van der Waals surface area contributed by atoms with Crippen LogP contribution in [-0.4, -0.2) is 46.3 Å². The van der Waals surface area contributed by atoms with Gasteiger partial charge in [-0.3, -0.25) is 9.59 Å². The van der Waals surface area contributed by atoms with E-state index in [9.17, 15) is 9.59 Å². The minimum absolute atomic E-state index is 0.0830. The maximum atomic E-state index is 13.1. The van der Waals surface area contributed by atoms with Crippen LogP contribution in [0.4, 0.5) is 0 Å². The molecule has 2 heterocycles. The number of hydrogen-bond acceptors (Lipinski definition) is 6. The van der Waals surface area contributed by atoms with Crippen LogP contribution in [0, 0.1) is 10.8 Å². The molecule has 2 aliphatic rings. The third-order valence-electron chi connectivity index (χ3n) is 7.33. The topological polar surface area (TPSA) is 76.7 Å². The smallest absolute Gasteiger partial charge is 0.311 e. The molecule has 2 fully saturated rings. The third kappa shape index (κ3) is 8.22. The Morgan fingerprint density at radius 3 is 1.09 bits per heavy atom. The molecule has 2 N–H and O–H groups in total. The molecule has 0 radical (unpaired) electrons. The normalized spacial score (nSPS) is 24.9. The van der Waals surface area contributed by atoms with Crippen LogP contribution in [0.3, 0.4) is 0 Å². The van der Waals surface area contributed by atoms with E-state index in [1.54, 1.807) is 0 Å². The van der Waals surface area contributed by atoms with Gasteiger partial charge < -0.3 is 20.1 Å². The molecule has 0 bridgehead atoms. The Kier molecular flexibility index (Phi) is 8.03. The van der Waals surface area contributed by atoms with Gasteiger partial charge >= 0.3 is 11.9 Å². The summed E-state index contributed by atoms with van der Waals surface area (Å²) >= 11 is 0. The van der Waals surface area contributed by atoms with Gasteiger partial charge in [0.25, 0.3) is 0 Å². The van der Waals surface area contributed by atoms with Crippen molar-refractivity contribution in [3.05, 3.63) is 0 Å². The lowest BCUT2D eigenvalue weighted by Gasteiger charge is -2.46. The van der Waals surface area contributed by atoms with Crippen LogP contribution in [0.1, 0.15) is 122 Å². The van der Waals surface area contributed by atoms with Gasteiger partial charge in [0, 0.05) is 47.8 Å². The van der Waals surface area contributed by atoms with Crippen LogP contribution in [0.25, 0.3) is 0 Å². The van der Waals surface area contributed by atoms with Crippen LogP contribution >= 0.6 is 0 Å². The first-order valence-corrected chi connectivity index (χ1v) is 13.0. The minimum Gasteiger partial charge on any atom is -0.462 e. The molecule has 0 aromatic carbocycles. The summed E-state index contributed by atoms with van der Waals surface area (Å²) in [7, 11) is 0. The Bertz CT molecular complexity index is 668. The van der Waals surface area contributed by atoms with Crippen molar-refractivity contribution in [2.24, 2.45) is 10.8 Å². The van der Waals surface area contributed by atoms with Crippen molar-refractivity contribution in [1.82, 2.24) is 10.6 Å². The lowest BCUT2D eigenvalue weighted by Crippen LogP contribution is -2.60. The largest absolute Gasteiger partial charge is 0.462 e. The summed E-state index contributed by atoms with van der Waals surface area (Å²) in [5, 5.41) is 7.26. The molecule has 0 spiro atoms. The molecule has 0 aromatic heterocycles. The second-order valence-electron chi connectivity index (χ2n) is 14.9. The number of hydrogen-bond donors (Lipinski definition) is 2. The van der Waals surface area contributed by atoms with E-state index in [0.717, 1.165) is 25.7 Å². The molecule has 2 rings (SSSR count). The monoisotopic (exact) mass is 480 g/mol. The summed E-state index contributed by atoms with van der Waals surface area (Å²) in [4.78, 5) is 26.3. The molecule has 198 valence electrons. The lowest BCUT2D eigenvalue weighted by molar-refractivity contribution is -0.168. The molecular weight excluding hydrogens is 428 g/mol. The summed E-state index contributed by atoms with van der Waals surface area (Å²) in [6.45, 7) is 24.9. The van der Waals surface area contributed by atoms with E-state index in [-0.39, 0.29) is 46.3 Å².